The Morgan fingerprint density at radius 2 is 2.17 bits per heavy atom. The van der Waals surface area contributed by atoms with Crippen molar-refractivity contribution in [2.45, 2.75) is 45.6 Å². The van der Waals surface area contributed by atoms with E-state index in [-0.39, 0.29) is 11.8 Å². The molecule has 0 unspecified atom stereocenters. The van der Waals surface area contributed by atoms with E-state index >= 15 is 0 Å². The van der Waals surface area contributed by atoms with Gasteiger partial charge >= 0.3 is 5.97 Å². The molecule has 2 atom stereocenters. The molecular weight excluding hydrogens is 230 g/mol. The van der Waals surface area contributed by atoms with Gasteiger partial charge in [-0.05, 0) is 26.2 Å². The normalized spacial score (nSPS) is 23.2. The molecule has 0 fully saturated rings. The Labute approximate surface area is 107 Å². The van der Waals surface area contributed by atoms with Gasteiger partial charge in [0, 0.05) is 12.5 Å². The van der Waals surface area contributed by atoms with Crippen LogP contribution in [0.3, 0.4) is 0 Å². The molecule has 0 saturated carbocycles. The molecule has 1 heterocycles. The van der Waals surface area contributed by atoms with E-state index in [4.69, 9.17) is 0 Å². The summed E-state index contributed by atoms with van der Waals surface area (Å²) in [4.78, 5) is 11.3. The summed E-state index contributed by atoms with van der Waals surface area (Å²) in [5, 5.41) is 17.6. The zero-order chi connectivity index (χ0) is 13.1. The summed E-state index contributed by atoms with van der Waals surface area (Å²) in [5.74, 6) is 0.513. The van der Waals surface area contributed by atoms with Gasteiger partial charge in [-0.25, -0.2) is 0 Å². The van der Waals surface area contributed by atoms with E-state index in [1.54, 1.807) is 0 Å². The number of aromatic nitrogens is 3. The molecule has 1 aliphatic carbocycles. The monoisotopic (exact) mass is 249 g/mol. The molecule has 0 radical (unpaired) electrons. The molecule has 1 aromatic heterocycles. The summed E-state index contributed by atoms with van der Waals surface area (Å²) >= 11 is 0. The molecule has 0 spiro atoms. The Hall–Kier alpha value is -1.65. The van der Waals surface area contributed by atoms with Crippen molar-refractivity contribution in [3.05, 3.63) is 23.8 Å². The highest BCUT2D eigenvalue weighted by Crippen LogP contribution is 2.34. The van der Waals surface area contributed by atoms with Crippen molar-refractivity contribution < 1.29 is 9.90 Å². The first kappa shape index (κ1) is 12.8. The topological polar surface area (TPSA) is 68.0 Å². The first-order chi connectivity index (χ1) is 8.65. The predicted molar refractivity (Wildman–Crippen MR) is 67.3 cm³/mol. The lowest BCUT2D eigenvalue weighted by Gasteiger charge is -2.25. The Bertz CT molecular complexity index is 465. The molecule has 0 aliphatic heterocycles. The van der Waals surface area contributed by atoms with E-state index in [0.29, 0.717) is 6.42 Å². The number of nitrogens with zero attached hydrogens (tertiary/aromatic N) is 3. The Kier molecular flexibility index (Phi) is 3.79. The number of aliphatic carboxylic acids is 1. The lowest BCUT2D eigenvalue weighted by molar-refractivity contribution is -0.142. The lowest BCUT2D eigenvalue weighted by Crippen LogP contribution is -2.26. The predicted octanol–water partition coefficient (Wildman–Crippen LogP) is 2.13. The SMILES string of the molecule is CCCn1c(C)nnc1[C@@H]1CC=CC[C@@H]1C(=O)O. The van der Waals surface area contributed by atoms with Gasteiger partial charge in [0.15, 0.2) is 0 Å². The van der Waals surface area contributed by atoms with Crippen LogP contribution in [0.15, 0.2) is 12.2 Å². The van der Waals surface area contributed by atoms with Crippen LogP contribution in [-0.4, -0.2) is 25.8 Å². The summed E-state index contributed by atoms with van der Waals surface area (Å²) in [5.41, 5.74) is 0. The summed E-state index contributed by atoms with van der Waals surface area (Å²) in [6.45, 7) is 4.86. The summed E-state index contributed by atoms with van der Waals surface area (Å²) < 4.78 is 2.06. The molecule has 1 aromatic rings. The van der Waals surface area contributed by atoms with Gasteiger partial charge in [-0.2, -0.15) is 0 Å². The number of carbonyl (C=O) groups is 1. The second kappa shape index (κ2) is 5.33. The third-order valence-electron chi connectivity index (χ3n) is 3.49. The number of allylic oxidation sites excluding steroid dienone is 2. The maximum absolute atomic E-state index is 11.3. The highest BCUT2D eigenvalue weighted by Gasteiger charge is 2.33. The standard InChI is InChI=1S/C13H19N3O2/c1-3-8-16-9(2)14-15-12(16)10-6-4-5-7-11(10)13(17)18/h4-5,10-11H,3,6-8H2,1-2H3,(H,17,18)/t10-,11+/m1/s1. The smallest absolute Gasteiger partial charge is 0.307 e. The minimum absolute atomic E-state index is 0.0553. The van der Waals surface area contributed by atoms with E-state index < -0.39 is 5.97 Å². The van der Waals surface area contributed by atoms with E-state index in [2.05, 4.69) is 21.7 Å². The molecule has 0 aromatic carbocycles. The van der Waals surface area contributed by atoms with Gasteiger partial charge in [0.25, 0.3) is 0 Å². The van der Waals surface area contributed by atoms with Crippen LogP contribution in [0.25, 0.3) is 0 Å². The quantitative estimate of drug-likeness (QED) is 0.830. The van der Waals surface area contributed by atoms with Crippen LogP contribution in [0.5, 0.6) is 0 Å². The van der Waals surface area contributed by atoms with Crippen molar-refractivity contribution in [2.24, 2.45) is 5.92 Å². The molecule has 5 heteroatoms. The van der Waals surface area contributed by atoms with Crippen molar-refractivity contribution in [1.29, 1.82) is 0 Å². The first-order valence-electron chi connectivity index (χ1n) is 6.42. The molecule has 1 aliphatic rings. The van der Waals surface area contributed by atoms with Gasteiger partial charge < -0.3 is 9.67 Å². The van der Waals surface area contributed by atoms with Crippen LogP contribution in [0.1, 0.15) is 43.8 Å². The van der Waals surface area contributed by atoms with Crippen LogP contribution >= 0.6 is 0 Å². The maximum atomic E-state index is 11.3. The molecule has 1 N–H and O–H groups in total. The van der Waals surface area contributed by atoms with Gasteiger partial charge in [0.1, 0.15) is 11.6 Å². The highest BCUT2D eigenvalue weighted by molar-refractivity contribution is 5.71. The van der Waals surface area contributed by atoms with Gasteiger partial charge in [0.05, 0.1) is 5.92 Å². The highest BCUT2D eigenvalue weighted by atomic mass is 16.4. The fraction of sp³-hybridized carbons (Fsp3) is 0.615. The van der Waals surface area contributed by atoms with E-state index in [1.165, 1.54) is 0 Å². The van der Waals surface area contributed by atoms with Crippen LogP contribution in [-0.2, 0) is 11.3 Å². The summed E-state index contributed by atoms with van der Waals surface area (Å²) in [7, 11) is 0. The molecule has 5 nitrogen and oxygen atoms in total. The molecule has 0 bridgehead atoms. The molecule has 0 amide bonds. The van der Waals surface area contributed by atoms with Crippen LogP contribution in [0.2, 0.25) is 0 Å². The van der Waals surface area contributed by atoms with Crippen LogP contribution in [0, 0.1) is 12.8 Å². The van der Waals surface area contributed by atoms with Crippen LogP contribution < -0.4 is 0 Å². The van der Waals surface area contributed by atoms with Crippen molar-refractivity contribution in [3.63, 3.8) is 0 Å². The van der Waals surface area contributed by atoms with Gasteiger partial charge in [-0.1, -0.05) is 19.1 Å². The van der Waals surface area contributed by atoms with E-state index in [9.17, 15) is 9.90 Å². The molecule has 18 heavy (non-hydrogen) atoms. The molecule has 0 saturated heterocycles. The van der Waals surface area contributed by atoms with Crippen molar-refractivity contribution in [3.8, 4) is 0 Å². The van der Waals surface area contributed by atoms with Gasteiger partial charge in [-0.15, -0.1) is 10.2 Å². The molecule has 2 rings (SSSR count). The average Bonchev–Trinajstić information content (AvgIpc) is 2.72. The first-order valence-corrected chi connectivity index (χ1v) is 6.42. The minimum atomic E-state index is -0.743. The number of carboxylic acids is 1. The van der Waals surface area contributed by atoms with E-state index in [1.807, 2.05) is 19.1 Å². The number of hydrogen-bond acceptors (Lipinski definition) is 3. The number of aryl methyl sites for hydroxylation is 1. The fourth-order valence-electron chi connectivity index (χ4n) is 2.54. The second-order valence-electron chi connectivity index (χ2n) is 4.75. The Morgan fingerprint density at radius 1 is 1.44 bits per heavy atom. The molecular formula is C13H19N3O2. The third-order valence-corrected chi connectivity index (χ3v) is 3.49. The van der Waals surface area contributed by atoms with Crippen molar-refractivity contribution >= 4 is 5.97 Å². The zero-order valence-corrected chi connectivity index (χ0v) is 10.8. The zero-order valence-electron chi connectivity index (χ0n) is 10.8. The van der Waals surface area contributed by atoms with Crippen molar-refractivity contribution in [2.75, 3.05) is 0 Å². The number of hydrogen-bond donors (Lipinski definition) is 1. The largest absolute Gasteiger partial charge is 0.481 e. The van der Waals surface area contributed by atoms with Gasteiger partial charge in [-0.3, -0.25) is 4.79 Å². The Balaban J connectivity index is 2.34. The minimum Gasteiger partial charge on any atom is -0.481 e. The molecule has 98 valence electrons. The number of rotatable bonds is 4. The second-order valence-corrected chi connectivity index (χ2v) is 4.75. The van der Waals surface area contributed by atoms with Gasteiger partial charge in [0.2, 0.25) is 0 Å². The maximum Gasteiger partial charge on any atom is 0.307 e. The van der Waals surface area contributed by atoms with E-state index in [0.717, 1.165) is 31.0 Å². The number of carboxylic acid groups (broad SMARTS) is 1. The summed E-state index contributed by atoms with van der Waals surface area (Å²) in [6, 6.07) is 0. The lowest BCUT2D eigenvalue weighted by atomic mass is 9.82. The Morgan fingerprint density at radius 3 is 2.83 bits per heavy atom. The third kappa shape index (κ3) is 2.30. The van der Waals surface area contributed by atoms with Crippen LogP contribution in [0.4, 0.5) is 0 Å². The average molecular weight is 249 g/mol. The summed E-state index contributed by atoms with van der Waals surface area (Å²) in [6.07, 6.45) is 6.30. The van der Waals surface area contributed by atoms with Crippen molar-refractivity contribution in [1.82, 2.24) is 14.8 Å². The fourth-order valence-corrected chi connectivity index (χ4v) is 2.54.